The predicted molar refractivity (Wildman–Crippen MR) is 48.8 cm³/mol. The molecule has 0 fully saturated rings. The Bertz CT molecular complexity index is 214. The second-order valence-electron chi connectivity index (χ2n) is 3.67. The number of rotatable bonds is 2. The zero-order chi connectivity index (χ0) is 8.43. The molecule has 1 rings (SSSR count). The third-order valence-electron chi connectivity index (χ3n) is 2.05. The highest BCUT2D eigenvalue weighted by Gasteiger charge is 2.05. The molecular formula is C10H17N. The Morgan fingerprint density at radius 3 is 2.36 bits per heavy atom. The fourth-order valence-corrected chi connectivity index (χ4v) is 1.41. The van der Waals surface area contributed by atoms with E-state index in [1.165, 1.54) is 23.2 Å². The lowest BCUT2D eigenvalue weighted by molar-refractivity contribution is 0.643. The van der Waals surface area contributed by atoms with Gasteiger partial charge in [0.15, 0.2) is 0 Å². The van der Waals surface area contributed by atoms with E-state index >= 15 is 0 Å². The molecule has 1 aromatic rings. The smallest absolute Gasteiger partial charge is 0.0150 e. The first kappa shape index (κ1) is 8.38. The molecule has 11 heavy (non-hydrogen) atoms. The normalized spacial score (nSPS) is 11.0. The highest BCUT2D eigenvalue weighted by atomic mass is 14.7. The molecule has 0 saturated carbocycles. The van der Waals surface area contributed by atoms with Gasteiger partial charge in [-0.05, 0) is 37.3 Å². The van der Waals surface area contributed by atoms with Crippen molar-refractivity contribution in [2.24, 2.45) is 5.92 Å². The Morgan fingerprint density at radius 2 is 2.00 bits per heavy atom. The van der Waals surface area contributed by atoms with Crippen molar-refractivity contribution in [2.45, 2.75) is 34.1 Å². The van der Waals surface area contributed by atoms with E-state index in [2.05, 4.69) is 38.9 Å². The van der Waals surface area contributed by atoms with Crippen molar-refractivity contribution >= 4 is 0 Å². The Balaban J connectivity index is 2.83. The number of hydrogen-bond donors (Lipinski definition) is 1. The molecule has 1 aromatic heterocycles. The van der Waals surface area contributed by atoms with Crippen LogP contribution in [0.2, 0.25) is 0 Å². The minimum Gasteiger partial charge on any atom is -0.365 e. The average Bonchev–Trinajstić information content (AvgIpc) is 2.18. The summed E-state index contributed by atoms with van der Waals surface area (Å²) in [6, 6.07) is 0. The van der Waals surface area contributed by atoms with Gasteiger partial charge < -0.3 is 4.98 Å². The van der Waals surface area contributed by atoms with Crippen molar-refractivity contribution in [1.82, 2.24) is 4.98 Å². The van der Waals surface area contributed by atoms with Crippen LogP contribution in [0.4, 0.5) is 0 Å². The molecule has 0 amide bonds. The van der Waals surface area contributed by atoms with Gasteiger partial charge in [0, 0.05) is 11.9 Å². The molecule has 0 aliphatic heterocycles. The summed E-state index contributed by atoms with van der Waals surface area (Å²) >= 11 is 0. The molecule has 0 unspecified atom stereocenters. The largest absolute Gasteiger partial charge is 0.365 e. The lowest BCUT2D eigenvalue weighted by Gasteiger charge is -2.04. The van der Waals surface area contributed by atoms with Gasteiger partial charge in [0.25, 0.3) is 0 Å². The van der Waals surface area contributed by atoms with E-state index in [1.54, 1.807) is 0 Å². The minimum absolute atomic E-state index is 0.753. The molecule has 0 spiro atoms. The van der Waals surface area contributed by atoms with Crippen molar-refractivity contribution in [1.29, 1.82) is 0 Å². The zero-order valence-electron chi connectivity index (χ0n) is 7.86. The summed E-state index contributed by atoms with van der Waals surface area (Å²) in [5.74, 6) is 0.753. The van der Waals surface area contributed by atoms with E-state index in [1.807, 2.05) is 0 Å². The van der Waals surface area contributed by atoms with Crippen LogP contribution in [0.3, 0.4) is 0 Å². The van der Waals surface area contributed by atoms with Crippen LogP contribution in [-0.2, 0) is 6.42 Å². The summed E-state index contributed by atoms with van der Waals surface area (Å²) in [5, 5.41) is 0. The van der Waals surface area contributed by atoms with Crippen LogP contribution in [0.25, 0.3) is 0 Å². The van der Waals surface area contributed by atoms with Crippen LogP contribution in [0.15, 0.2) is 6.20 Å². The first-order chi connectivity index (χ1) is 5.11. The van der Waals surface area contributed by atoms with Gasteiger partial charge in [-0.2, -0.15) is 0 Å². The van der Waals surface area contributed by atoms with E-state index in [9.17, 15) is 0 Å². The molecule has 1 nitrogen and oxygen atoms in total. The van der Waals surface area contributed by atoms with Crippen LogP contribution in [0.5, 0.6) is 0 Å². The van der Waals surface area contributed by atoms with Crippen molar-refractivity contribution in [2.75, 3.05) is 0 Å². The van der Waals surface area contributed by atoms with Gasteiger partial charge in [0.2, 0.25) is 0 Å². The lowest BCUT2D eigenvalue weighted by Crippen LogP contribution is -1.95. The molecule has 1 heteroatoms. The quantitative estimate of drug-likeness (QED) is 0.669. The van der Waals surface area contributed by atoms with Gasteiger partial charge in [-0.25, -0.2) is 0 Å². The molecule has 0 bridgehead atoms. The van der Waals surface area contributed by atoms with Crippen LogP contribution < -0.4 is 0 Å². The molecule has 1 heterocycles. The predicted octanol–water partition coefficient (Wildman–Crippen LogP) is 2.83. The second kappa shape index (κ2) is 3.12. The first-order valence-corrected chi connectivity index (χ1v) is 4.24. The maximum Gasteiger partial charge on any atom is 0.0150 e. The molecular weight excluding hydrogens is 134 g/mol. The number of hydrogen-bond acceptors (Lipinski definition) is 0. The Morgan fingerprint density at radius 1 is 1.36 bits per heavy atom. The third kappa shape index (κ3) is 1.86. The van der Waals surface area contributed by atoms with Crippen molar-refractivity contribution in [3.05, 3.63) is 23.0 Å². The lowest BCUT2D eigenvalue weighted by atomic mass is 10.0. The van der Waals surface area contributed by atoms with Crippen molar-refractivity contribution in [3.63, 3.8) is 0 Å². The van der Waals surface area contributed by atoms with Gasteiger partial charge in [-0.1, -0.05) is 13.8 Å². The first-order valence-electron chi connectivity index (χ1n) is 4.24. The molecule has 0 aliphatic rings. The van der Waals surface area contributed by atoms with Crippen LogP contribution in [0.1, 0.15) is 30.7 Å². The van der Waals surface area contributed by atoms with Crippen molar-refractivity contribution < 1.29 is 0 Å². The fourth-order valence-electron chi connectivity index (χ4n) is 1.41. The monoisotopic (exact) mass is 151 g/mol. The van der Waals surface area contributed by atoms with E-state index in [0.29, 0.717) is 0 Å². The average molecular weight is 151 g/mol. The molecule has 1 N–H and O–H groups in total. The summed E-state index contributed by atoms with van der Waals surface area (Å²) in [5.41, 5.74) is 4.23. The number of aromatic amines is 1. The summed E-state index contributed by atoms with van der Waals surface area (Å²) in [6.45, 7) is 8.82. The van der Waals surface area contributed by atoms with Crippen LogP contribution in [-0.4, -0.2) is 4.98 Å². The highest BCUT2D eigenvalue weighted by molar-refractivity contribution is 5.29. The SMILES string of the molecule is Cc1c[nH]c(C)c1CC(C)C. The fraction of sp³-hybridized carbons (Fsp3) is 0.600. The maximum absolute atomic E-state index is 3.24. The van der Waals surface area contributed by atoms with Gasteiger partial charge >= 0.3 is 0 Å². The van der Waals surface area contributed by atoms with Crippen LogP contribution in [0, 0.1) is 19.8 Å². The van der Waals surface area contributed by atoms with Crippen LogP contribution >= 0.6 is 0 Å². The molecule has 0 atom stereocenters. The van der Waals surface area contributed by atoms with Gasteiger partial charge in [0.05, 0.1) is 0 Å². The number of nitrogens with one attached hydrogen (secondary N) is 1. The summed E-state index contributed by atoms with van der Waals surface area (Å²) in [6.07, 6.45) is 3.29. The molecule has 0 saturated heterocycles. The molecule has 0 aliphatic carbocycles. The van der Waals surface area contributed by atoms with Gasteiger partial charge in [-0.15, -0.1) is 0 Å². The third-order valence-corrected chi connectivity index (χ3v) is 2.05. The van der Waals surface area contributed by atoms with E-state index in [4.69, 9.17) is 0 Å². The van der Waals surface area contributed by atoms with Gasteiger partial charge in [0.1, 0.15) is 0 Å². The molecule has 0 radical (unpaired) electrons. The standard InChI is InChI=1S/C10H17N/c1-7(2)5-10-8(3)6-11-9(10)4/h6-7,11H,5H2,1-4H3. The Hall–Kier alpha value is -0.720. The number of aryl methyl sites for hydroxylation is 2. The second-order valence-corrected chi connectivity index (χ2v) is 3.67. The Kier molecular flexibility index (Phi) is 2.38. The summed E-state index contributed by atoms with van der Waals surface area (Å²) < 4.78 is 0. The molecule has 62 valence electrons. The number of aromatic nitrogens is 1. The summed E-state index contributed by atoms with van der Waals surface area (Å²) in [4.78, 5) is 3.24. The van der Waals surface area contributed by atoms with Crippen molar-refractivity contribution in [3.8, 4) is 0 Å². The molecule has 0 aromatic carbocycles. The Labute approximate surface area is 68.8 Å². The maximum atomic E-state index is 3.24. The van der Waals surface area contributed by atoms with Gasteiger partial charge in [-0.3, -0.25) is 0 Å². The zero-order valence-corrected chi connectivity index (χ0v) is 7.86. The number of H-pyrrole nitrogens is 1. The van der Waals surface area contributed by atoms with E-state index in [-0.39, 0.29) is 0 Å². The topological polar surface area (TPSA) is 15.8 Å². The summed E-state index contributed by atoms with van der Waals surface area (Å²) in [7, 11) is 0. The van der Waals surface area contributed by atoms with E-state index < -0.39 is 0 Å². The minimum atomic E-state index is 0.753. The van der Waals surface area contributed by atoms with E-state index in [0.717, 1.165) is 5.92 Å². The highest BCUT2D eigenvalue weighted by Crippen LogP contribution is 2.16.